The van der Waals surface area contributed by atoms with Crippen molar-refractivity contribution in [1.82, 2.24) is 0 Å². The van der Waals surface area contributed by atoms with Gasteiger partial charge in [0.15, 0.2) is 0 Å². The molecule has 0 bridgehead atoms. The molecule has 0 saturated heterocycles. The summed E-state index contributed by atoms with van der Waals surface area (Å²) in [7, 11) is 1.70. The van der Waals surface area contributed by atoms with Crippen LogP contribution in [0.5, 0.6) is 5.75 Å². The molecule has 0 aromatic heterocycles. The third-order valence-corrected chi connectivity index (χ3v) is 5.02. The predicted octanol–water partition coefficient (Wildman–Crippen LogP) is 3.51. The van der Waals surface area contributed by atoms with Gasteiger partial charge in [0, 0.05) is 5.41 Å². The Labute approximate surface area is 119 Å². The molecule has 2 aliphatic rings. The van der Waals surface area contributed by atoms with E-state index in [1.807, 2.05) is 6.07 Å². The quantitative estimate of drug-likeness (QED) is 0.856. The number of hydrogen-bond acceptors (Lipinski definition) is 2. The monoisotopic (exact) mass is 266 g/mol. The van der Waals surface area contributed by atoms with Gasteiger partial charge in [0.2, 0.25) is 0 Å². The Hall–Kier alpha value is -1.80. The van der Waals surface area contributed by atoms with E-state index in [4.69, 9.17) is 4.74 Å². The van der Waals surface area contributed by atoms with Crippen LogP contribution in [0, 0.1) is 0 Å². The van der Waals surface area contributed by atoms with Crippen LogP contribution in [0.4, 0.5) is 0 Å². The van der Waals surface area contributed by atoms with Crippen LogP contribution in [0.15, 0.2) is 42.5 Å². The van der Waals surface area contributed by atoms with E-state index in [9.17, 15) is 5.11 Å². The fourth-order valence-corrected chi connectivity index (χ4v) is 4.12. The molecule has 0 aliphatic heterocycles. The molecule has 4 rings (SSSR count). The van der Waals surface area contributed by atoms with Gasteiger partial charge in [-0.05, 0) is 53.6 Å². The van der Waals surface area contributed by atoms with Crippen LogP contribution >= 0.6 is 0 Å². The Bertz CT molecular complexity index is 677. The van der Waals surface area contributed by atoms with Gasteiger partial charge in [0.1, 0.15) is 5.75 Å². The van der Waals surface area contributed by atoms with Crippen LogP contribution in [0.1, 0.15) is 30.4 Å². The standard InChI is InChI=1S/C18H18O2/c1-20-12-8-9-14-13-5-2-3-6-15(13)18(16(14)11-12)10-4-7-17(18)19/h2-3,5-6,8-9,11,17,19H,4,7,10H2,1H3/t17-,18+/m0/s1. The number of methoxy groups -OCH3 is 1. The maximum absolute atomic E-state index is 10.7. The third-order valence-electron chi connectivity index (χ3n) is 5.02. The maximum Gasteiger partial charge on any atom is 0.119 e. The lowest BCUT2D eigenvalue weighted by atomic mass is 9.75. The molecular weight excluding hydrogens is 248 g/mol. The van der Waals surface area contributed by atoms with E-state index in [0.717, 1.165) is 25.0 Å². The minimum atomic E-state index is -0.294. The van der Waals surface area contributed by atoms with E-state index in [-0.39, 0.29) is 11.5 Å². The zero-order valence-corrected chi connectivity index (χ0v) is 11.6. The largest absolute Gasteiger partial charge is 0.497 e. The summed E-state index contributed by atoms with van der Waals surface area (Å²) < 4.78 is 5.39. The molecule has 102 valence electrons. The van der Waals surface area contributed by atoms with Crippen LogP contribution in [0.3, 0.4) is 0 Å². The molecular formula is C18H18O2. The molecule has 0 radical (unpaired) electrons. The Balaban J connectivity index is 2.05. The molecule has 2 aromatic carbocycles. The second-order valence-electron chi connectivity index (χ2n) is 5.84. The molecule has 2 nitrogen and oxygen atoms in total. The highest BCUT2D eigenvalue weighted by Gasteiger charge is 2.50. The number of aliphatic hydroxyl groups excluding tert-OH is 1. The van der Waals surface area contributed by atoms with Gasteiger partial charge in [-0.25, -0.2) is 0 Å². The summed E-state index contributed by atoms with van der Waals surface area (Å²) in [5.74, 6) is 0.870. The summed E-state index contributed by atoms with van der Waals surface area (Å²) in [5.41, 5.74) is 4.82. The minimum absolute atomic E-state index is 0.222. The van der Waals surface area contributed by atoms with E-state index in [2.05, 4.69) is 36.4 Å². The van der Waals surface area contributed by atoms with Gasteiger partial charge in [0.05, 0.1) is 13.2 Å². The Kier molecular flexibility index (Phi) is 2.45. The van der Waals surface area contributed by atoms with Crippen LogP contribution < -0.4 is 4.74 Å². The molecule has 1 saturated carbocycles. The molecule has 2 aliphatic carbocycles. The summed E-state index contributed by atoms with van der Waals surface area (Å²) in [4.78, 5) is 0. The number of fused-ring (bicyclic) bond motifs is 5. The van der Waals surface area contributed by atoms with Gasteiger partial charge >= 0.3 is 0 Å². The van der Waals surface area contributed by atoms with Crippen LogP contribution in [-0.2, 0) is 5.41 Å². The first-order valence-corrected chi connectivity index (χ1v) is 7.24. The van der Waals surface area contributed by atoms with Gasteiger partial charge in [0.25, 0.3) is 0 Å². The predicted molar refractivity (Wildman–Crippen MR) is 79.1 cm³/mol. The summed E-state index contributed by atoms with van der Waals surface area (Å²) in [6, 6.07) is 14.8. The van der Waals surface area contributed by atoms with Crippen molar-refractivity contribution in [2.75, 3.05) is 7.11 Å². The zero-order chi connectivity index (χ0) is 13.7. The topological polar surface area (TPSA) is 29.5 Å². The van der Waals surface area contributed by atoms with Crippen LogP contribution in [-0.4, -0.2) is 18.3 Å². The Morgan fingerprint density at radius 2 is 1.90 bits per heavy atom. The molecule has 2 heteroatoms. The molecule has 0 heterocycles. The van der Waals surface area contributed by atoms with Crippen molar-refractivity contribution in [1.29, 1.82) is 0 Å². The van der Waals surface area contributed by atoms with Crippen molar-refractivity contribution in [3.63, 3.8) is 0 Å². The number of ether oxygens (including phenoxy) is 1. The lowest BCUT2D eigenvalue weighted by Crippen LogP contribution is -2.33. The van der Waals surface area contributed by atoms with Gasteiger partial charge in [-0.3, -0.25) is 0 Å². The van der Waals surface area contributed by atoms with Crippen molar-refractivity contribution < 1.29 is 9.84 Å². The van der Waals surface area contributed by atoms with Crippen LogP contribution in [0.2, 0.25) is 0 Å². The van der Waals surface area contributed by atoms with Gasteiger partial charge < -0.3 is 9.84 Å². The van der Waals surface area contributed by atoms with E-state index in [1.54, 1.807) is 7.11 Å². The SMILES string of the molecule is COc1ccc2c(c1)[C@@]1(CCC[C@@H]1O)c1ccccc1-2. The highest BCUT2D eigenvalue weighted by Crippen LogP contribution is 2.57. The maximum atomic E-state index is 10.7. The van der Waals surface area contributed by atoms with E-state index >= 15 is 0 Å². The smallest absolute Gasteiger partial charge is 0.119 e. The second-order valence-corrected chi connectivity index (χ2v) is 5.84. The van der Waals surface area contributed by atoms with Crippen molar-refractivity contribution >= 4 is 0 Å². The zero-order valence-electron chi connectivity index (χ0n) is 11.6. The fourth-order valence-electron chi connectivity index (χ4n) is 4.12. The summed E-state index contributed by atoms with van der Waals surface area (Å²) >= 11 is 0. The molecule has 1 spiro atoms. The Morgan fingerprint density at radius 3 is 2.65 bits per heavy atom. The van der Waals surface area contributed by atoms with Gasteiger partial charge in [-0.1, -0.05) is 30.3 Å². The van der Waals surface area contributed by atoms with Gasteiger partial charge in [-0.15, -0.1) is 0 Å². The molecule has 0 unspecified atom stereocenters. The highest BCUT2D eigenvalue weighted by atomic mass is 16.5. The molecule has 2 atom stereocenters. The first-order chi connectivity index (χ1) is 9.77. The molecule has 2 aromatic rings. The second kappa shape index (κ2) is 4.10. The summed E-state index contributed by atoms with van der Waals surface area (Å²) in [6.45, 7) is 0. The average molecular weight is 266 g/mol. The fraction of sp³-hybridized carbons (Fsp3) is 0.333. The summed E-state index contributed by atoms with van der Waals surface area (Å²) in [5, 5.41) is 10.7. The van der Waals surface area contributed by atoms with Crippen molar-refractivity contribution in [3.05, 3.63) is 53.6 Å². The van der Waals surface area contributed by atoms with Crippen molar-refractivity contribution in [2.24, 2.45) is 0 Å². The molecule has 1 fully saturated rings. The number of aliphatic hydroxyl groups is 1. The molecule has 20 heavy (non-hydrogen) atoms. The third kappa shape index (κ3) is 1.32. The molecule has 0 amide bonds. The van der Waals surface area contributed by atoms with E-state index < -0.39 is 0 Å². The first kappa shape index (κ1) is 12.0. The molecule has 1 N–H and O–H groups in total. The van der Waals surface area contributed by atoms with Crippen molar-refractivity contribution in [3.8, 4) is 16.9 Å². The number of hydrogen-bond donors (Lipinski definition) is 1. The lowest BCUT2D eigenvalue weighted by Gasteiger charge is -2.30. The number of benzene rings is 2. The Morgan fingerprint density at radius 1 is 1.10 bits per heavy atom. The highest BCUT2D eigenvalue weighted by molar-refractivity contribution is 5.82. The first-order valence-electron chi connectivity index (χ1n) is 7.24. The normalized spacial score (nSPS) is 26.6. The van der Waals surface area contributed by atoms with Gasteiger partial charge in [-0.2, -0.15) is 0 Å². The average Bonchev–Trinajstić information content (AvgIpc) is 3.01. The van der Waals surface area contributed by atoms with E-state index in [1.165, 1.54) is 22.3 Å². The van der Waals surface area contributed by atoms with Crippen LogP contribution in [0.25, 0.3) is 11.1 Å². The summed E-state index contributed by atoms with van der Waals surface area (Å²) in [6.07, 6.45) is 2.68. The van der Waals surface area contributed by atoms with E-state index in [0.29, 0.717) is 0 Å². The minimum Gasteiger partial charge on any atom is -0.497 e. The van der Waals surface area contributed by atoms with Crippen molar-refractivity contribution in [2.45, 2.75) is 30.8 Å². The lowest BCUT2D eigenvalue weighted by molar-refractivity contribution is 0.129. The number of rotatable bonds is 1.